The van der Waals surface area contributed by atoms with E-state index in [9.17, 15) is 0 Å². The molecule has 0 aliphatic carbocycles. The zero-order chi connectivity index (χ0) is 11.3. The molecule has 0 saturated heterocycles. The van der Waals surface area contributed by atoms with Crippen LogP contribution in [0.5, 0.6) is 0 Å². The summed E-state index contributed by atoms with van der Waals surface area (Å²) in [6.45, 7) is 4.24. The highest BCUT2D eigenvalue weighted by atomic mass is 14.9. The second-order valence-corrected chi connectivity index (χ2v) is 3.99. The maximum Gasteiger partial charge on any atom is 0.126 e. The SMILES string of the molecule is CCC(CCc1cc(C)cnc1N)NC. The van der Waals surface area contributed by atoms with Crippen molar-refractivity contribution in [1.82, 2.24) is 10.3 Å². The maximum atomic E-state index is 5.83. The molecule has 1 atom stereocenters. The zero-order valence-electron chi connectivity index (χ0n) is 9.88. The van der Waals surface area contributed by atoms with Crippen molar-refractivity contribution in [3.63, 3.8) is 0 Å². The number of aryl methyl sites for hydroxylation is 2. The number of hydrogen-bond acceptors (Lipinski definition) is 3. The topological polar surface area (TPSA) is 50.9 Å². The Balaban J connectivity index is 2.60. The smallest absolute Gasteiger partial charge is 0.126 e. The lowest BCUT2D eigenvalue weighted by Gasteiger charge is -2.14. The van der Waals surface area contributed by atoms with E-state index >= 15 is 0 Å². The van der Waals surface area contributed by atoms with Crippen molar-refractivity contribution in [1.29, 1.82) is 0 Å². The molecule has 1 rings (SSSR count). The minimum absolute atomic E-state index is 0.574. The summed E-state index contributed by atoms with van der Waals surface area (Å²) >= 11 is 0. The molecule has 84 valence electrons. The second kappa shape index (κ2) is 5.71. The first-order valence-electron chi connectivity index (χ1n) is 5.55. The number of pyridine rings is 1. The van der Waals surface area contributed by atoms with E-state index in [0.29, 0.717) is 11.9 Å². The monoisotopic (exact) mass is 207 g/mol. The van der Waals surface area contributed by atoms with Crippen LogP contribution in [0.15, 0.2) is 12.3 Å². The molecule has 3 heteroatoms. The predicted octanol–water partition coefficient (Wildman–Crippen LogP) is 1.90. The molecule has 1 unspecified atom stereocenters. The molecule has 0 saturated carbocycles. The summed E-state index contributed by atoms with van der Waals surface area (Å²) < 4.78 is 0. The number of nitrogens with two attached hydrogens (primary N) is 1. The molecule has 3 nitrogen and oxygen atoms in total. The summed E-state index contributed by atoms with van der Waals surface area (Å²) in [6.07, 6.45) is 5.08. The zero-order valence-corrected chi connectivity index (χ0v) is 9.88. The third kappa shape index (κ3) is 3.51. The van der Waals surface area contributed by atoms with Crippen LogP contribution < -0.4 is 11.1 Å². The lowest BCUT2D eigenvalue weighted by atomic mass is 10.0. The van der Waals surface area contributed by atoms with E-state index in [1.807, 2.05) is 20.2 Å². The molecule has 0 aliphatic rings. The van der Waals surface area contributed by atoms with Gasteiger partial charge in [0.05, 0.1) is 0 Å². The number of nitrogen functional groups attached to an aromatic ring is 1. The molecule has 1 aromatic rings. The Bertz CT molecular complexity index is 306. The second-order valence-electron chi connectivity index (χ2n) is 3.99. The highest BCUT2D eigenvalue weighted by Gasteiger charge is 2.06. The van der Waals surface area contributed by atoms with Crippen molar-refractivity contribution in [2.45, 2.75) is 39.2 Å². The minimum Gasteiger partial charge on any atom is -0.383 e. The Hall–Kier alpha value is -1.09. The largest absolute Gasteiger partial charge is 0.383 e. The molecule has 0 spiro atoms. The van der Waals surface area contributed by atoms with Gasteiger partial charge in [-0.2, -0.15) is 0 Å². The van der Waals surface area contributed by atoms with E-state index in [4.69, 9.17) is 5.73 Å². The Morgan fingerprint density at radius 1 is 1.53 bits per heavy atom. The number of nitrogens with zero attached hydrogens (tertiary/aromatic N) is 1. The Labute approximate surface area is 92.1 Å². The Morgan fingerprint density at radius 2 is 2.27 bits per heavy atom. The van der Waals surface area contributed by atoms with Gasteiger partial charge in [0.1, 0.15) is 5.82 Å². The first kappa shape index (κ1) is 12.0. The minimum atomic E-state index is 0.574. The first-order chi connectivity index (χ1) is 7.17. The molecule has 15 heavy (non-hydrogen) atoms. The van der Waals surface area contributed by atoms with Crippen LogP contribution >= 0.6 is 0 Å². The number of anilines is 1. The number of aromatic nitrogens is 1. The first-order valence-corrected chi connectivity index (χ1v) is 5.55. The third-order valence-corrected chi connectivity index (χ3v) is 2.80. The van der Waals surface area contributed by atoms with Crippen molar-refractivity contribution in [2.75, 3.05) is 12.8 Å². The van der Waals surface area contributed by atoms with Crippen molar-refractivity contribution < 1.29 is 0 Å². The van der Waals surface area contributed by atoms with Crippen molar-refractivity contribution >= 4 is 5.82 Å². The van der Waals surface area contributed by atoms with E-state index in [0.717, 1.165) is 19.3 Å². The third-order valence-electron chi connectivity index (χ3n) is 2.80. The molecule has 0 radical (unpaired) electrons. The maximum absolute atomic E-state index is 5.83. The molecule has 1 heterocycles. The average Bonchev–Trinajstić information content (AvgIpc) is 2.24. The molecule has 0 aromatic carbocycles. The van der Waals surface area contributed by atoms with Crippen molar-refractivity contribution in [3.05, 3.63) is 23.4 Å². The molecular weight excluding hydrogens is 186 g/mol. The van der Waals surface area contributed by atoms with Crippen molar-refractivity contribution in [3.8, 4) is 0 Å². The number of rotatable bonds is 5. The van der Waals surface area contributed by atoms with Crippen LogP contribution in [0.4, 0.5) is 5.82 Å². The lowest BCUT2D eigenvalue weighted by Crippen LogP contribution is -2.24. The van der Waals surface area contributed by atoms with E-state index in [-0.39, 0.29) is 0 Å². The summed E-state index contributed by atoms with van der Waals surface area (Å²) in [5.41, 5.74) is 8.17. The van der Waals surface area contributed by atoms with E-state index < -0.39 is 0 Å². The molecule has 0 fully saturated rings. The summed E-state index contributed by atoms with van der Waals surface area (Å²) in [5, 5.41) is 3.29. The summed E-state index contributed by atoms with van der Waals surface area (Å²) in [4.78, 5) is 4.17. The highest BCUT2D eigenvalue weighted by molar-refractivity contribution is 5.40. The summed E-state index contributed by atoms with van der Waals surface area (Å²) in [6, 6.07) is 2.70. The van der Waals surface area contributed by atoms with E-state index in [1.54, 1.807) is 0 Å². The van der Waals surface area contributed by atoms with Crippen LogP contribution in [-0.2, 0) is 6.42 Å². The average molecular weight is 207 g/mol. The van der Waals surface area contributed by atoms with Gasteiger partial charge in [-0.3, -0.25) is 0 Å². The fraction of sp³-hybridized carbons (Fsp3) is 0.583. The molecule has 1 aromatic heterocycles. The standard InChI is InChI=1S/C12H21N3/c1-4-11(14-3)6-5-10-7-9(2)8-15-12(10)13/h7-8,11,14H,4-6H2,1-3H3,(H2,13,15). The summed E-state index contributed by atoms with van der Waals surface area (Å²) in [5.74, 6) is 0.673. The fourth-order valence-electron chi connectivity index (χ4n) is 1.72. The van der Waals surface area contributed by atoms with Crippen LogP contribution in [0.2, 0.25) is 0 Å². The molecule has 3 N–H and O–H groups in total. The van der Waals surface area contributed by atoms with Crippen LogP contribution in [0.1, 0.15) is 30.9 Å². The quantitative estimate of drug-likeness (QED) is 0.775. The van der Waals surface area contributed by atoms with Gasteiger partial charge in [-0.15, -0.1) is 0 Å². The van der Waals surface area contributed by atoms with Gasteiger partial charge in [-0.25, -0.2) is 4.98 Å². The lowest BCUT2D eigenvalue weighted by molar-refractivity contribution is 0.509. The Kier molecular flexibility index (Phi) is 4.56. The van der Waals surface area contributed by atoms with Gasteiger partial charge in [0.15, 0.2) is 0 Å². The van der Waals surface area contributed by atoms with Crippen molar-refractivity contribution in [2.24, 2.45) is 0 Å². The van der Waals surface area contributed by atoms with Crippen LogP contribution in [0.3, 0.4) is 0 Å². The van der Waals surface area contributed by atoms with Gasteiger partial charge in [-0.05, 0) is 44.4 Å². The van der Waals surface area contributed by atoms with Gasteiger partial charge in [0.2, 0.25) is 0 Å². The van der Waals surface area contributed by atoms with Gasteiger partial charge in [0, 0.05) is 12.2 Å². The van der Waals surface area contributed by atoms with E-state index in [1.165, 1.54) is 11.1 Å². The van der Waals surface area contributed by atoms with Gasteiger partial charge in [0.25, 0.3) is 0 Å². The molecule has 0 amide bonds. The molecule has 0 bridgehead atoms. The highest BCUT2D eigenvalue weighted by Crippen LogP contribution is 2.14. The van der Waals surface area contributed by atoms with Crippen LogP contribution in [-0.4, -0.2) is 18.1 Å². The molecular formula is C12H21N3. The van der Waals surface area contributed by atoms with Crippen LogP contribution in [0.25, 0.3) is 0 Å². The van der Waals surface area contributed by atoms with Gasteiger partial charge < -0.3 is 11.1 Å². The number of hydrogen-bond donors (Lipinski definition) is 2. The van der Waals surface area contributed by atoms with E-state index in [2.05, 4.69) is 23.3 Å². The normalized spacial score (nSPS) is 12.7. The molecule has 0 aliphatic heterocycles. The number of nitrogens with one attached hydrogen (secondary N) is 1. The Morgan fingerprint density at radius 3 is 2.87 bits per heavy atom. The van der Waals surface area contributed by atoms with Crippen LogP contribution in [0, 0.1) is 6.92 Å². The fourth-order valence-corrected chi connectivity index (χ4v) is 1.72. The van der Waals surface area contributed by atoms with Gasteiger partial charge >= 0.3 is 0 Å². The summed E-state index contributed by atoms with van der Waals surface area (Å²) in [7, 11) is 2.01. The van der Waals surface area contributed by atoms with Gasteiger partial charge in [-0.1, -0.05) is 13.0 Å². The predicted molar refractivity (Wildman–Crippen MR) is 64.8 cm³/mol.